The Morgan fingerprint density at radius 1 is 1.36 bits per heavy atom. The molecular formula is C16H24N6O3. The number of nitrogens with zero attached hydrogens (tertiary/aromatic N) is 3. The average molecular weight is 348 g/mol. The van der Waals surface area contributed by atoms with Crippen molar-refractivity contribution in [2.45, 2.75) is 12.8 Å². The molecular weight excluding hydrogens is 324 g/mol. The van der Waals surface area contributed by atoms with Crippen molar-refractivity contribution in [3.05, 3.63) is 12.3 Å². The second-order valence-corrected chi connectivity index (χ2v) is 6.16. The van der Waals surface area contributed by atoms with Crippen molar-refractivity contribution in [2.75, 3.05) is 56.2 Å². The first-order valence-electron chi connectivity index (χ1n) is 8.66. The molecule has 0 radical (unpaired) electrons. The highest BCUT2D eigenvalue weighted by Gasteiger charge is 2.23. The summed E-state index contributed by atoms with van der Waals surface area (Å²) in [6.45, 7) is 4.61. The van der Waals surface area contributed by atoms with Crippen molar-refractivity contribution in [1.82, 2.24) is 20.8 Å². The van der Waals surface area contributed by atoms with E-state index in [0.717, 1.165) is 32.0 Å². The van der Waals surface area contributed by atoms with Gasteiger partial charge < -0.3 is 25.6 Å². The molecule has 2 aliphatic heterocycles. The minimum Gasteiger partial charge on any atom is -0.378 e. The van der Waals surface area contributed by atoms with Crippen molar-refractivity contribution in [1.29, 1.82) is 0 Å². The fraction of sp³-hybridized carbons (Fsp3) is 0.625. The maximum absolute atomic E-state index is 12.0. The number of morpholine rings is 1. The van der Waals surface area contributed by atoms with E-state index in [2.05, 4.69) is 31.0 Å². The summed E-state index contributed by atoms with van der Waals surface area (Å²) in [5.41, 5.74) is 1.02. The molecule has 3 rings (SSSR count). The zero-order valence-electron chi connectivity index (χ0n) is 14.2. The number of amides is 2. The quantitative estimate of drug-likeness (QED) is 0.587. The zero-order chi connectivity index (χ0) is 17.5. The van der Waals surface area contributed by atoms with Gasteiger partial charge in [0, 0.05) is 45.2 Å². The Labute approximate surface area is 146 Å². The Bertz CT molecular complexity index is 595. The predicted octanol–water partition coefficient (Wildman–Crippen LogP) is -0.632. The number of carbonyl (C=O) groups excluding carboxylic acids is 2. The highest BCUT2D eigenvalue weighted by molar-refractivity contribution is 5.83. The number of aromatic nitrogens is 2. The van der Waals surface area contributed by atoms with Gasteiger partial charge in [0.25, 0.3) is 0 Å². The molecule has 25 heavy (non-hydrogen) atoms. The lowest BCUT2D eigenvalue weighted by molar-refractivity contribution is -0.128. The van der Waals surface area contributed by atoms with E-state index in [4.69, 9.17) is 4.74 Å². The second kappa shape index (κ2) is 8.61. The molecule has 0 aliphatic carbocycles. The summed E-state index contributed by atoms with van der Waals surface area (Å²) in [5, 5.41) is 16.9. The van der Waals surface area contributed by atoms with E-state index in [-0.39, 0.29) is 17.7 Å². The van der Waals surface area contributed by atoms with Crippen LogP contribution in [-0.2, 0) is 14.3 Å². The van der Waals surface area contributed by atoms with Crippen LogP contribution in [0, 0.1) is 5.92 Å². The number of hydrogen-bond donors (Lipinski definition) is 3. The zero-order valence-corrected chi connectivity index (χ0v) is 14.2. The summed E-state index contributed by atoms with van der Waals surface area (Å²) in [6.07, 6.45) is 2.77. The second-order valence-electron chi connectivity index (χ2n) is 6.16. The number of rotatable bonds is 6. The maximum Gasteiger partial charge on any atom is 0.224 e. The van der Waals surface area contributed by atoms with Gasteiger partial charge in [0.15, 0.2) is 5.82 Å². The van der Waals surface area contributed by atoms with E-state index >= 15 is 0 Å². The monoisotopic (exact) mass is 348 g/mol. The van der Waals surface area contributed by atoms with Gasteiger partial charge in [-0.3, -0.25) is 9.59 Å². The molecule has 3 heterocycles. The van der Waals surface area contributed by atoms with Crippen LogP contribution in [0.1, 0.15) is 12.8 Å². The van der Waals surface area contributed by atoms with Crippen LogP contribution in [0.15, 0.2) is 12.3 Å². The van der Waals surface area contributed by atoms with Gasteiger partial charge in [-0.25, -0.2) is 0 Å². The summed E-state index contributed by atoms with van der Waals surface area (Å²) in [6, 6.07) is 1.96. The number of piperidine rings is 1. The topological polar surface area (TPSA) is 108 Å². The van der Waals surface area contributed by atoms with Gasteiger partial charge >= 0.3 is 0 Å². The Morgan fingerprint density at radius 3 is 2.96 bits per heavy atom. The minimum absolute atomic E-state index is 0.0180. The third-order valence-electron chi connectivity index (χ3n) is 4.38. The SMILES string of the molecule is O=C1CCC(C(=O)NCCNc2cc(N3CCOCC3)cnn2)CN1. The van der Waals surface area contributed by atoms with Gasteiger partial charge in [0.05, 0.1) is 31.0 Å². The van der Waals surface area contributed by atoms with Crippen LogP contribution >= 0.6 is 0 Å². The van der Waals surface area contributed by atoms with E-state index < -0.39 is 0 Å². The first-order chi connectivity index (χ1) is 12.2. The van der Waals surface area contributed by atoms with Gasteiger partial charge in [-0.1, -0.05) is 0 Å². The van der Waals surface area contributed by atoms with Gasteiger partial charge in [0.1, 0.15) is 0 Å². The highest BCUT2D eigenvalue weighted by atomic mass is 16.5. The summed E-state index contributed by atoms with van der Waals surface area (Å²) in [7, 11) is 0. The van der Waals surface area contributed by atoms with Crippen LogP contribution in [0.25, 0.3) is 0 Å². The molecule has 136 valence electrons. The Balaban J connectivity index is 1.40. The third kappa shape index (κ3) is 5.02. The van der Waals surface area contributed by atoms with Crippen LogP contribution in [0.3, 0.4) is 0 Å². The minimum atomic E-state index is -0.137. The molecule has 0 saturated carbocycles. The lowest BCUT2D eigenvalue weighted by atomic mass is 9.98. The molecule has 2 fully saturated rings. The Hall–Kier alpha value is -2.42. The van der Waals surface area contributed by atoms with E-state index in [9.17, 15) is 9.59 Å². The molecule has 3 N–H and O–H groups in total. The van der Waals surface area contributed by atoms with Gasteiger partial charge in [-0.15, -0.1) is 5.10 Å². The molecule has 1 atom stereocenters. The van der Waals surface area contributed by atoms with E-state index in [1.807, 2.05) is 6.07 Å². The number of nitrogens with one attached hydrogen (secondary N) is 3. The fourth-order valence-electron chi connectivity index (χ4n) is 2.91. The predicted molar refractivity (Wildman–Crippen MR) is 92.3 cm³/mol. The van der Waals surface area contributed by atoms with Crippen molar-refractivity contribution in [3.8, 4) is 0 Å². The molecule has 2 amide bonds. The molecule has 0 bridgehead atoms. The van der Waals surface area contributed by atoms with Crippen molar-refractivity contribution in [2.24, 2.45) is 5.92 Å². The van der Waals surface area contributed by atoms with Gasteiger partial charge in [-0.2, -0.15) is 5.10 Å². The van der Waals surface area contributed by atoms with Crippen LogP contribution < -0.4 is 20.9 Å². The Morgan fingerprint density at radius 2 is 2.20 bits per heavy atom. The van der Waals surface area contributed by atoms with Gasteiger partial charge in [0.2, 0.25) is 11.8 Å². The summed E-state index contributed by atoms with van der Waals surface area (Å²) in [4.78, 5) is 25.4. The normalized spacial score (nSPS) is 20.7. The molecule has 1 aromatic rings. The van der Waals surface area contributed by atoms with Crippen LogP contribution in [0.4, 0.5) is 11.5 Å². The van der Waals surface area contributed by atoms with Crippen molar-refractivity contribution >= 4 is 23.3 Å². The molecule has 9 nitrogen and oxygen atoms in total. The maximum atomic E-state index is 12.0. The lowest BCUT2D eigenvalue weighted by Gasteiger charge is -2.28. The number of ether oxygens (including phenoxy) is 1. The summed E-state index contributed by atoms with van der Waals surface area (Å²) < 4.78 is 5.35. The smallest absolute Gasteiger partial charge is 0.224 e. The number of hydrogen-bond acceptors (Lipinski definition) is 7. The van der Waals surface area contributed by atoms with E-state index in [0.29, 0.717) is 38.3 Å². The largest absolute Gasteiger partial charge is 0.378 e. The molecule has 0 aromatic carbocycles. The van der Waals surface area contributed by atoms with Crippen molar-refractivity contribution in [3.63, 3.8) is 0 Å². The van der Waals surface area contributed by atoms with Crippen LogP contribution in [0.2, 0.25) is 0 Å². The van der Waals surface area contributed by atoms with Crippen LogP contribution in [-0.4, -0.2) is 67.9 Å². The molecule has 0 spiro atoms. The number of carbonyl (C=O) groups is 2. The van der Waals surface area contributed by atoms with Crippen LogP contribution in [0.5, 0.6) is 0 Å². The van der Waals surface area contributed by atoms with Gasteiger partial charge in [-0.05, 0) is 6.42 Å². The summed E-state index contributed by atoms with van der Waals surface area (Å²) >= 11 is 0. The number of anilines is 2. The third-order valence-corrected chi connectivity index (χ3v) is 4.38. The first-order valence-corrected chi connectivity index (χ1v) is 8.66. The summed E-state index contributed by atoms with van der Waals surface area (Å²) in [5.74, 6) is 0.546. The lowest BCUT2D eigenvalue weighted by Crippen LogP contribution is -2.43. The molecule has 2 saturated heterocycles. The van der Waals surface area contributed by atoms with Crippen molar-refractivity contribution < 1.29 is 14.3 Å². The van der Waals surface area contributed by atoms with E-state index in [1.165, 1.54) is 0 Å². The fourth-order valence-corrected chi connectivity index (χ4v) is 2.91. The molecule has 9 heteroatoms. The Kier molecular flexibility index (Phi) is 5.99. The first kappa shape index (κ1) is 17.4. The highest BCUT2D eigenvalue weighted by Crippen LogP contribution is 2.17. The standard InChI is InChI=1S/C16H24N6O3/c23-15-2-1-12(10-19-15)16(24)18-4-3-17-14-9-13(11-20-21-14)22-5-7-25-8-6-22/h9,11-12H,1-8,10H2,(H,17,21)(H,18,24)(H,19,23). The molecule has 1 unspecified atom stereocenters. The van der Waals surface area contributed by atoms with E-state index in [1.54, 1.807) is 6.20 Å². The molecule has 2 aliphatic rings. The average Bonchev–Trinajstić information content (AvgIpc) is 2.66. The molecule has 1 aromatic heterocycles.